The zero-order valence-corrected chi connectivity index (χ0v) is 15.3. The van der Waals surface area contributed by atoms with Crippen molar-refractivity contribution in [3.63, 3.8) is 0 Å². The van der Waals surface area contributed by atoms with Crippen LogP contribution in [0, 0.1) is 5.82 Å². The number of nitrogens with zero attached hydrogens (tertiary/aromatic N) is 1. The summed E-state index contributed by atoms with van der Waals surface area (Å²) in [7, 11) is -3.83. The van der Waals surface area contributed by atoms with Crippen LogP contribution < -0.4 is 14.9 Å². The van der Waals surface area contributed by atoms with Crippen molar-refractivity contribution in [3.05, 3.63) is 54.3 Å². The zero-order chi connectivity index (χ0) is 19.6. The van der Waals surface area contributed by atoms with Gasteiger partial charge in [-0.25, -0.2) is 17.5 Å². The fourth-order valence-corrected chi connectivity index (χ4v) is 4.09. The molecule has 2 aromatic rings. The fourth-order valence-electron chi connectivity index (χ4n) is 2.87. The van der Waals surface area contributed by atoms with Crippen molar-refractivity contribution < 1.29 is 22.4 Å². The smallest absolute Gasteiger partial charge is 0.240 e. The van der Waals surface area contributed by atoms with E-state index in [4.69, 9.17) is 0 Å². The van der Waals surface area contributed by atoms with Gasteiger partial charge in [0.15, 0.2) is 0 Å². The molecule has 1 aliphatic rings. The average molecular weight is 391 g/mol. The van der Waals surface area contributed by atoms with E-state index in [2.05, 4.69) is 10.0 Å². The third-order valence-corrected chi connectivity index (χ3v) is 5.61. The van der Waals surface area contributed by atoms with Gasteiger partial charge in [-0.2, -0.15) is 0 Å². The minimum atomic E-state index is -3.83. The molecular weight excluding hydrogens is 373 g/mol. The summed E-state index contributed by atoms with van der Waals surface area (Å²) in [6.07, 6.45) is 0.0145. The molecule has 0 unspecified atom stereocenters. The van der Waals surface area contributed by atoms with E-state index in [1.807, 2.05) is 0 Å². The number of nitrogens with one attached hydrogen (secondary N) is 2. The molecule has 0 spiro atoms. The summed E-state index contributed by atoms with van der Waals surface area (Å²) in [5.41, 5.74) is 1.00. The average Bonchev–Trinajstić information content (AvgIpc) is 2.95. The first-order chi connectivity index (χ1) is 12.7. The first-order valence-corrected chi connectivity index (χ1v) is 9.69. The first kappa shape index (κ1) is 19.0. The lowest BCUT2D eigenvalue weighted by Gasteiger charge is -2.17. The van der Waals surface area contributed by atoms with Crippen LogP contribution in [0.25, 0.3) is 0 Å². The van der Waals surface area contributed by atoms with Crippen LogP contribution in [0.15, 0.2) is 53.4 Å². The minimum Gasteiger partial charge on any atom is -0.326 e. The molecule has 7 nitrogen and oxygen atoms in total. The normalized spacial score (nSPS) is 17.2. The lowest BCUT2D eigenvalue weighted by atomic mass is 10.3. The predicted molar refractivity (Wildman–Crippen MR) is 98.2 cm³/mol. The van der Waals surface area contributed by atoms with Crippen LogP contribution in [0.5, 0.6) is 0 Å². The van der Waals surface area contributed by atoms with Gasteiger partial charge in [-0.1, -0.05) is 0 Å². The highest BCUT2D eigenvalue weighted by molar-refractivity contribution is 7.89. The summed E-state index contributed by atoms with van der Waals surface area (Å²) in [6.45, 7) is 1.52. The topological polar surface area (TPSA) is 95.6 Å². The lowest BCUT2D eigenvalue weighted by molar-refractivity contribution is -0.117. The van der Waals surface area contributed by atoms with E-state index in [9.17, 15) is 22.4 Å². The summed E-state index contributed by atoms with van der Waals surface area (Å²) >= 11 is 0. The largest absolute Gasteiger partial charge is 0.326 e. The van der Waals surface area contributed by atoms with Gasteiger partial charge in [-0.15, -0.1) is 0 Å². The highest BCUT2D eigenvalue weighted by atomic mass is 32.2. The van der Waals surface area contributed by atoms with Crippen molar-refractivity contribution in [2.24, 2.45) is 0 Å². The summed E-state index contributed by atoms with van der Waals surface area (Å²) in [6, 6.07) is 10.6. The van der Waals surface area contributed by atoms with E-state index in [1.165, 1.54) is 60.4 Å². The molecule has 1 heterocycles. The van der Waals surface area contributed by atoms with E-state index < -0.39 is 21.9 Å². The molecule has 0 aliphatic carbocycles. The Hall–Kier alpha value is -2.78. The van der Waals surface area contributed by atoms with Crippen LogP contribution in [0.4, 0.5) is 15.8 Å². The second kappa shape index (κ2) is 7.45. The molecular formula is C18H18FN3O4S. The first-order valence-electron chi connectivity index (χ1n) is 8.20. The molecule has 3 rings (SSSR count). The number of halogens is 1. The third-order valence-electron chi connectivity index (χ3n) is 4.07. The number of benzene rings is 2. The number of hydrogen-bond acceptors (Lipinski definition) is 4. The third kappa shape index (κ3) is 4.50. The van der Waals surface area contributed by atoms with Crippen LogP contribution in [0.2, 0.25) is 0 Å². The number of rotatable bonds is 5. The monoisotopic (exact) mass is 391 g/mol. The van der Waals surface area contributed by atoms with E-state index in [0.717, 1.165) is 0 Å². The molecule has 2 amide bonds. The van der Waals surface area contributed by atoms with Gasteiger partial charge in [0.05, 0.1) is 4.90 Å². The van der Waals surface area contributed by atoms with Crippen LogP contribution in [-0.4, -0.2) is 32.8 Å². The van der Waals surface area contributed by atoms with Gasteiger partial charge in [0.2, 0.25) is 21.8 Å². The molecule has 1 atom stereocenters. The second-order valence-corrected chi connectivity index (χ2v) is 7.92. The quantitative estimate of drug-likeness (QED) is 0.813. The number of amides is 2. The molecule has 1 fully saturated rings. The van der Waals surface area contributed by atoms with Crippen LogP contribution in [0.1, 0.15) is 13.3 Å². The van der Waals surface area contributed by atoms with Crippen LogP contribution >= 0.6 is 0 Å². The molecule has 2 N–H and O–H groups in total. The number of carbonyl (C=O) groups is 2. The highest BCUT2D eigenvalue weighted by Crippen LogP contribution is 2.23. The van der Waals surface area contributed by atoms with Crippen molar-refractivity contribution in [3.8, 4) is 0 Å². The number of sulfonamides is 1. The molecule has 9 heteroatoms. The van der Waals surface area contributed by atoms with Crippen LogP contribution in [-0.2, 0) is 19.6 Å². The van der Waals surface area contributed by atoms with Crippen molar-refractivity contribution in [1.82, 2.24) is 4.72 Å². The summed E-state index contributed by atoms with van der Waals surface area (Å²) in [5.74, 6) is -0.908. The van der Waals surface area contributed by atoms with Crippen molar-refractivity contribution in [2.75, 3.05) is 16.8 Å². The molecule has 0 aromatic heterocycles. The molecule has 27 heavy (non-hydrogen) atoms. The molecule has 1 aliphatic heterocycles. The molecule has 142 valence electrons. The zero-order valence-electron chi connectivity index (χ0n) is 14.5. The Balaban J connectivity index is 1.70. The maximum atomic E-state index is 13.0. The molecule has 0 radical (unpaired) electrons. The summed E-state index contributed by atoms with van der Waals surface area (Å²) < 4.78 is 40.6. The van der Waals surface area contributed by atoms with Gasteiger partial charge in [-0.3, -0.25) is 9.59 Å². The Labute approximate surface area is 156 Å². The highest BCUT2D eigenvalue weighted by Gasteiger charge is 2.33. The number of anilines is 2. The van der Waals surface area contributed by atoms with Gasteiger partial charge >= 0.3 is 0 Å². The molecule has 2 aromatic carbocycles. The van der Waals surface area contributed by atoms with Crippen LogP contribution in [0.3, 0.4) is 0 Å². The van der Waals surface area contributed by atoms with Crippen molar-refractivity contribution in [1.29, 1.82) is 0 Å². The SMILES string of the molecule is CC(=O)Nc1ccc(S(=O)(=O)N[C@@H]2CC(=O)N(c3ccc(F)cc3)C2)cc1. The predicted octanol–water partition coefficient (Wildman–Crippen LogP) is 1.87. The maximum Gasteiger partial charge on any atom is 0.240 e. The molecule has 0 bridgehead atoms. The Kier molecular flexibility index (Phi) is 5.24. The van der Waals surface area contributed by atoms with Gasteiger partial charge in [0.1, 0.15) is 5.82 Å². The summed E-state index contributed by atoms with van der Waals surface area (Å²) in [5, 5.41) is 2.56. The number of carbonyl (C=O) groups excluding carboxylic acids is 2. The second-order valence-electron chi connectivity index (χ2n) is 6.21. The van der Waals surface area contributed by atoms with Gasteiger partial charge in [-0.05, 0) is 48.5 Å². The Morgan fingerprint density at radius 2 is 1.74 bits per heavy atom. The van der Waals surface area contributed by atoms with E-state index >= 15 is 0 Å². The Bertz CT molecular complexity index is 959. The van der Waals surface area contributed by atoms with E-state index in [1.54, 1.807) is 0 Å². The summed E-state index contributed by atoms with van der Waals surface area (Å²) in [4.78, 5) is 24.7. The van der Waals surface area contributed by atoms with Gasteiger partial charge in [0, 0.05) is 37.3 Å². The minimum absolute atomic E-state index is 0.0145. The lowest BCUT2D eigenvalue weighted by Crippen LogP contribution is -2.37. The number of hydrogen-bond donors (Lipinski definition) is 2. The van der Waals surface area contributed by atoms with E-state index in [-0.39, 0.29) is 29.7 Å². The van der Waals surface area contributed by atoms with Gasteiger partial charge in [0.25, 0.3) is 0 Å². The van der Waals surface area contributed by atoms with Crippen molar-refractivity contribution in [2.45, 2.75) is 24.3 Å². The Morgan fingerprint density at radius 1 is 1.11 bits per heavy atom. The van der Waals surface area contributed by atoms with Gasteiger partial charge < -0.3 is 10.2 Å². The molecule has 1 saturated heterocycles. The standard InChI is InChI=1S/C18H18FN3O4S/c1-12(23)20-14-4-8-17(9-5-14)27(25,26)21-15-10-18(24)22(11-15)16-6-2-13(19)3-7-16/h2-9,15,21H,10-11H2,1H3,(H,20,23)/t15-/m1/s1. The maximum absolute atomic E-state index is 13.0. The Morgan fingerprint density at radius 3 is 2.33 bits per heavy atom. The fraction of sp³-hybridized carbons (Fsp3) is 0.222. The molecule has 0 saturated carbocycles. The van der Waals surface area contributed by atoms with E-state index in [0.29, 0.717) is 11.4 Å². The van der Waals surface area contributed by atoms with Crippen molar-refractivity contribution >= 4 is 33.2 Å².